The topological polar surface area (TPSA) is 17.8 Å². The minimum absolute atomic E-state index is 1.07. The van der Waals surface area contributed by atoms with Crippen molar-refractivity contribution in [1.82, 2.24) is 9.78 Å². The van der Waals surface area contributed by atoms with Gasteiger partial charge in [-0.05, 0) is 24.1 Å². The van der Waals surface area contributed by atoms with Gasteiger partial charge in [-0.3, -0.25) is 4.68 Å². The van der Waals surface area contributed by atoms with Gasteiger partial charge in [0.05, 0.1) is 5.52 Å². The first-order valence-electron chi connectivity index (χ1n) is 4.82. The number of aryl methyl sites for hydroxylation is 2. The Morgan fingerprint density at radius 2 is 2.21 bits per heavy atom. The lowest BCUT2D eigenvalue weighted by Gasteiger charge is -2.00. The fraction of sp³-hybridized carbons (Fsp3) is 0.364. The van der Waals surface area contributed by atoms with E-state index >= 15 is 0 Å². The number of benzene rings is 1. The van der Waals surface area contributed by atoms with Crippen molar-refractivity contribution in [2.24, 2.45) is 7.05 Å². The number of rotatable bonds is 2. The molecule has 74 valence electrons. The lowest BCUT2D eigenvalue weighted by atomic mass is 10.1. The molecule has 0 amide bonds. The molecular weight excluding hydrogens is 240 g/mol. The zero-order valence-corrected chi connectivity index (χ0v) is 10.0. The minimum atomic E-state index is 1.07. The summed E-state index contributed by atoms with van der Waals surface area (Å²) < 4.78 is 2.99. The van der Waals surface area contributed by atoms with Crippen LogP contribution in [0.1, 0.15) is 18.9 Å². The van der Waals surface area contributed by atoms with Gasteiger partial charge < -0.3 is 0 Å². The third-order valence-electron chi connectivity index (χ3n) is 2.31. The lowest BCUT2D eigenvalue weighted by molar-refractivity contribution is 0.779. The fourth-order valence-electron chi connectivity index (χ4n) is 1.75. The number of fused-ring (bicyclic) bond motifs is 1. The molecule has 0 radical (unpaired) electrons. The Morgan fingerprint density at radius 1 is 1.43 bits per heavy atom. The van der Waals surface area contributed by atoms with Crippen molar-refractivity contribution in [3.8, 4) is 0 Å². The summed E-state index contributed by atoms with van der Waals surface area (Å²) in [5, 5.41) is 5.68. The van der Waals surface area contributed by atoms with Crippen LogP contribution in [0.15, 0.2) is 22.8 Å². The van der Waals surface area contributed by atoms with Gasteiger partial charge in [0.1, 0.15) is 0 Å². The minimum Gasteiger partial charge on any atom is -0.275 e. The molecule has 0 fully saturated rings. The van der Waals surface area contributed by atoms with E-state index in [-0.39, 0.29) is 0 Å². The van der Waals surface area contributed by atoms with Crippen LogP contribution in [0.4, 0.5) is 0 Å². The van der Waals surface area contributed by atoms with Gasteiger partial charge in [0.2, 0.25) is 0 Å². The van der Waals surface area contributed by atoms with E-state index < -0.39 is 0 Å². The second kappa shape index (κ2) is 3.73. The highest BCUT2D eigenvalue weighted by Gasteiger charge is 2.05. The zero-order chi connectivity index (χ0) is 10.1. The van der Waals surface area contributed by atoms with E-state index in [0.717, 1.165) is 16.4 Å². The molecular formula is C11H13BrN2. The first kappa shape index (κ1) is 9.71. The van der Waals surface area contributed by atoms with Crippen LogP contribution in [0.2, 0.25) is 0 Å². The zero-order valence-electron chi connectivity index (χ0n) is 8.42. The maximum atomic E-state index is 4.40. The molecule has 0 aliphatic heterocycles. The maximum absolute atomic E-state index is 4.40. The van der Waals surface area contributed by atoms with E-state index in [4.69, 9.17) is 0 Å². The number of aromatic nitrogens is 2. The van der Waals surface area contributed by atoms with Crippen LogP contribution in [0.25, 0.3) is 10.9 Å². The molecule has 0 atom stereocenters. The van der Waals surface area contributed by atoms with Gasteiger partial charge in [0.15, 0.2) is 0 Å². The van der Waals surface area contributed by atoms with E-state index in [9.17, 15) is 0 Å². The molecule has 2 rings (SSSR count). The number of hydrogen-bond acceptors (Lipinski definition) is 1. The summed E-state index contributed by atoms with van der Waals surface area (Å²) in [5.41, 5.74) is 2.45. The Labute approximate surface area is 92.0 Å². The van der Waals surface area contributed by atoms with Gasteiger partial charge in [-0.25, -0.2) is 0 Å². The summed E-state index contributed by atoms with van der Waals surface area (Å²) >= 11 is 3.51. The van der Waals surface area contributed by atoms with Crippen LogP contribution in [0.3, 0.4) is 0 Å². The summed E-state index contributed by atoms with van der Waals surface area (Å²) in [7, 11) is 1.96. The average Bonchev–Trinajstić information content (AvgIpc) is 2.45. The first-order chi connectivity index (χ1) is 6.70. The van der Waals surface area contributed by atoms with E-state index in [2.05, 4.69) is 46.3 Å². The first-order valence-corrected chi connectivity index (χ1v) is 5.62. The maximum Gasteiger partial charge on any atom is 0.0937 e. The predicted molar refractivity (Wildman–Crippen MR) is 62.4 cm³/mol. The second-order valence-corrected chi connectivity index (χ2v) is 4.47. The largest absolute Gasteiger partial charge is 0.275 e. The summed E-state index contributed by atoms with van der Waals surface area (Å²) in [6.07, 6.45) is 4.37. The van der Waals surface area contributed by atoms with E-state index in [1.54, 1.807) is 0 Å². The van der Waals surface area contributed by atoms with Gasteiger partial charge in [-0.1, -0.05) is 29.3 Å². The molecule has 14 heavy (non-hydrogen) atoms. The molecule has 1 aromatic carbocycles. The van der Waals surface area contributed by atoms with E-state index in [0.29, 0.717) is 0 Å². The van der Waals surface area contributed by atoms with Gasteiger partial charge >= 0.3 is 0 Å². The molecule has 0 aliphatic rings. The summed E-state index contributed by atoms with van der Waals surface area (Å²) in [6, 6.07) is 4.25. The molecule has 1 aromatic heterocycles. The Morgan fingerprint density at radius 3 is 2.93 bits per heavy atom. The Bertz CT molecular complexity index is 460. The quantitative estimate of drug-likeness (QED) is 0.803. The highest BCUT2D eigenvalue weighted by molar-refractivity contribution is 9.10. The summed E-state index contributed by atoms with van der Waals surface area (Å²) in [5.74, 6) is 0. The molecule has 0 saturated carbocycles. The van der Waals surface area contributed by atoms with Crippen LogP contribution < -0.4 is 0 Å². The number of hydrogen-bond donors (Lipinski definition) is 0. The monoisotopic (exact) mass is 252 g/mol. The van der Waals surface area contributed by atoms with Crippen LogP contribution in [-0.4, -0.2) is 9.78 Å². The van der Waals surface area contributed by atoms with Gasteiger partial charge in [-0.2, -0.15) is 5.10 Å². The van der Waals surface area contributed by atoms with Crippen molar-refractivity contribution < 1.29 is 0 Å². The normalized spacial score (nSPS) is 11.1. The van der Waals surface area contributed by atoms with Crippen molar-refractivity contribution in [2.45, 2.75) is 19.8 Å². The number of halogens is 1. The molecule has 2 nitrogen and oxygen atoms in total. The van der Waals surface area contributed by atoms with Crippen LogP contribution in [-0.2, 0) is 13.5 Å². The van der Waals surface area contributed by atoms with Crippen molar-refractivity contribution in [2.75, 3.05) is 0 Å². The highest BCUT2D eigenvalue weighted by Crippen LogP contribution is 2.24. The average molecular weight is 253 g/mol. The molecule has 0 aliphatic carbocycles. The fourth-order valence-corrected chi connectivity index (χ4v) is 2.25. The van der Waals surface area contributed by atoms with E-state index in [1.807, 2.05) is 11.7 Å². The molecule has 2 aromatic rings. The molecule has 1 heterocycles. The van der Waals surface area contributed by atoms with Gasteiger partial charge in [0, 0.05) is 23.1 Å². The van der Waals surface area contributed by atoms with Gasteiger partial charge in [0.25, 0.3) is 0 Å². The molecule has 0 bridgehead atoms. The van der Waals surface area contributed by atoms with Crippen LogP contribution in [0.5, 0.6) is 0 Å². The van der Waals surface area contributed by atoms with Gasteiger partial charge in [-0.15, -0.1) is 0 Å². The third-order valence-corrected chi connectivity index (χ3v) is 2.77. The molecule has 0 unspecified atom stereocenters. The second-order valence-electron chi connectivity index (χ2n) is 3.55. The third kappa shape index (κ3) is 1.69. The molecule has 0 N–H and O–H groups in total. The SMILES string of the molecule is CCCc1cc(Br)cc2nn(C)cc12. The predicted octanol–water partition coefficient (Wildman–Crippen LogP) is 3.29. The van der Waals surface area contributed by atoms with Crippen LogP contribution >= 0.6 is 15.9 Å². The van der Waals surface area contributed by atoms with Crippen LogP contribution in [0, 0.1) is 0 Å². The summed E-state index contributed by atoms with van der Waals surface area (Å²) in [4.78, 5) is 0. The Kier molecular flexibility index (Phi) is 2.59. The lowest BCUT2D eigenvalue weighted by Crippen LogP contribution is -1.84. The Balaban J connectivity index is 2.66. The molecule has 0 spiro atoms. The Hall–Kier alpha value is -0.830. The van der Waals surface area contributed by atoms with E-state index in [1.165, 1.54) is 17.4 Å². The molecule has 3 heteroatoms. The standard InChI is InChI=1S/C11H13BrN2/c1-3-4-8-5-9(12)6-11-10(8)7-14(2)13-11/h5-7H,3-4H2,1-2H3. The summed E-state index contributed by atoms with van der Waals surface area (Å²) in [6.45, 7) is 2.20. The van der Waals surface area contributed by atoms with Crippen molar-refractivity contribution in [3.05, 3.63) is 28.4 Å². The number of nitrogens with zero attached hydrogens (tertiary/aromatic N) is 2. The van der Waals surface area contributed by atoms with Crippen molar-refractivity contribution in [1.29, 1.82) is 0 Å². The highest BCUT2D eigenvalue weighted by atomic mass is 79.9. The molecule has 0 saturated heterocycles. The smallest absolute Gasteiger partial charge is 0.0937 e. The van der Waals surface area contributed by atoms with Crippen molar-refractivity contribution >= 4 is 26.8 Å². The van der Waals surface area contributed by atoms with Crippen molar-refractivity contribution in [3.63, 3.8) is 0 Å².